The van der Waals surface area contributed by atoms with Gasteiger partial charge in [0.15, 0.2) is 0 Å². The number of nitrogens with one attached hydrogen (secondary N) is 1. The molecular weight excluding hydrogens is 234 g/mol. The summed E-state index contributed by atoms with van der Waals surface area (Å²) in [5.41, 5.74) is 2.50. The number of hydrogen-bond donors (Lipinski definition) is 1. The van der Waals surface area contributed by atoms with Gasteiger partial charge in [0.2, 0.25) is 0 Å². The molecule has 1 atom stereocenters. The molecule has 1 heterocycles. The maximum absolute atomic E-state index is 6.28. The first-order valence-electron chi connectivity index (χ1n) is 6.36. The van der Waals surface area contributed by atoms with Crippen molar-refractivity contribution in [1.29, 1.82) is 0 Å². The van der Waals surface area contributed by atoms with Crippen LogP contribution in [0.25, 0.3) is 0 Å². The first-order chi connectivity index (χ1) is 8.26. The van der Waals surface area contributed by atoms with Gasteiger partial charge in [-0.3, -0.25) is 0 Å². The molecule has 1 aliphatic heterocycles. The third-order valence-electron chi connectivity index (χ3n) is 3.44. The Bertz CT molecular complexity index is 386. The average molecular weight is 254 g/mol. The van der Waals surface area contributed by atoms with E-state index in [0.29, 0.717) is 6.04 Å². The maximum atomic E-state index is 6.28. The molecule has 0 aromatic heterocycles. The van der Waals surface area contributed by atoms with Crippen LogP contribution < -0.4 is 10.1 Å². The van der Waals surface area contributed by atoms with E-state index in [2.05, 4.69) is 18.3 Å². The Hall–Kier alpha value is -0.730. The Kier molecular flexibility index (Phi) is 4.30. The topological polar surface area (TPSA) is 21.3 Å². The van der Waals surface area contributed by atoms with E-state index in [-0.39, 0.29) is 0 Å². The molecule has 1 aliphatic rings. The van der Waals surface area contributed by atoms with Crippen molar-refractivity contribution in [3.8, 4) is 5.75 Å². The van der Waals surface area contributed by atoms with Crippen molar-refractivity contribution in [2.75, 3.05) is 13.7 Å². The minimum atomic E-state index is 0.456. The summed E-state index contributed by atoms with van der Waals surface area (Å²) in [5.74, 6) is 0.828. The second-order valence-electron chi connectivity index (χ2n) is 4.55. The third kappa shape index (κ3) is 2.75. The number of ether oxygens (including phenoxy) is 1. The van der Waals surface area contributed by atoms with Gasteiger partial charge in [-0.25, -0.2) is 0 Å². The van der Waals surface area contributed by atoms with E-state index in [1.165, 1.54) is 30.4 Å². The van der Waals surface area contributed by atoms with Crippen LogP contribution in [0.2, 0.25) is 5.02 Å². The van der Waals surface area contributed by atoms with Crippen LogP contribution in [0, 0.1) is 0 Å². The highest BCUT2D eigenvalue weighted by molar-refractivity contribution is 6.32. The summed E-state index contributed by atoms with van der Waals surface area (Å²) in [6.07, 6.45) is 4.72. The number of benzene rings is 1. The lowest BCUT2D eigenvalue weighted by atomic mass is 9.95. The lowest BCUT2D eigenvalue weighted by molar-refractivity contribution is 0.403. The summed E-state index contributed by atoms with van der Waals surface area (Å²) in [6, 6.07) is 4.73. The fourth-order valence-corrected chi connectivity index (χ4v) is 2.83. The van der Waals surface area contributed by atoms with Gasteiger partial charge in [-0.2, -0.15) is 0 Å². The van der Waals surface area contributed by atoms with Crippen molar-refractivity contribution in [1.82, 2.24) is 5.32 Å². The smallest absolute Gasteiger partial charge is 0.140 e. The molecule has 1 saturated heterocycles. The third-order valence-corrected chi connectivity index (χ3v) is 3.72. The molecule has 2 nitrogen and oxygen atoms in total. The number of methoxy groups -OCH3 is 1. The van der Waals surface area contributed by atoms with Gasteiger partial charge < -0.3 is 10.1 Å². The van der Waals surface area contributed by atoms with Crippen molar-refractivity contribution in [3.05, 3.63) is 28.3 Å². The predicted octanol–water partition coefficient (Wildman–Crippen LogP) is 3.73. The summed E-state index contributed by atoms with van der Waals surface area (Å²) in [4.78, 5) is 0. The molecule has 3 heteroatoms. The SMILES string of the molecule is CCc1cc(C2CCCCN2)cc(Cl)c1OC. The molecule has 1 fully saturated rings. The van der Waals surface area contributed by atoms with Gasteiger partial charge in [0.25, 0.3) is 0 Å². The number of halogens is 1. The molecule has 1 N–H and O–H groups in total. The van der Waals surface area contributed by atoms with E-state index in [0.717, 1.165) is 23.7 Å². The fraction of sp³-hybridized carbons (Fsp3) is 0.571. The van der Waals surface area contributed by atoms with E-state index >= 15 is 0 Å². The van der Waals surface area contributed by atoms with Gasteiger partial charge in [0.1, 0.15) is 5.75 Å². The highest BCUT2D eigenvalue weighted by Gasteiger charge is 2.17. The Morgan fingerprint density at radius 1 is 1.41 bits per heavy atom. The zero-order valence-corrected chi connectivity index (χ0v) is 11.3. The lowest BCUT2D eigenvalue weighted by Crippen LogP contribution is -2.26. The van der Waals surface area contributed by atoms with Gasteiger partial charge in [0.05, 0.1) is 12.1 Å². The summed E-state index contributed by atoms with van der Waals surface area (Å²) < 4.78 is 5.36. The summed E-state index contributed by atoms with van der Waals surface area (Å²) >= 11 is 6.28. The summed E-state index contributed by atoms with van der Waals surface area (Å²) in [5, 5.41) is 4.28. The van der Waals surface area contributed by atoms with Crippen LogP contribution in [0.5, 0.6) is 5.75 Å². The van der Waals surface area contributed by atoms with Crippen molar-refractivity contribution in [2.45, 2.75) is 38.6 Å². The fourth-order valence-electron chi connectivity index (χ4n) is 2.50. The van der Waals surface area contributed by atoms with Crippen molar-refractivity contribution in [3.63, 3.8) is 0 Å². The molecule has 94 valence electrons. The molecule has 0 bridgehead atoms. The normalized spacial score (nSPS) is 20.3. The van der Waals surface area contributed by atoms with Crippen molar-refractivity contribution in [2.24, 2.45) is 0 Å². The Labute approximate surface area is 108 Å². The first kappa shape index (κ1) is 12.7. The molecule has 1 unspecified atom stereocenters. The lowest BCUT2D eigenvalue weighted by Gasteiger charge is -2.25. The van der Waals surface area contributed by atoms with Crippen LogP contribution in [-0.2, 0) is 6.42 Å². The molecule has 17 heavy (non-hydrogen) atoms. The monoisotopic (exact) mass is 253 g/mol. The quantitative estimate of drug-likeness (QED) is 0.886. The van der Waals surface area contributed by atoms with Gasteiger partial charge in [-0.1, -0.05) is 31.0 Å². The largest absolute Gasteiger partial charge is 0.495 e. The van der Waals surface area contributed by atoms with Gasteiger partial charge in [0, 0.05) is 6.04 Å². The zero-order valence-electron chi connectivity index (χ0n) is 10.6. The molecule has 1 aromatic carbocycles. The van der Waals surface area contributed by atoms with Crippen LogP contribution >= 0.6 is 11.6 Å². The molecule has 1 aromatic rings. The standard InChI is InChI=1S/C14H20ClNO/c1-3-10-8-11(9-12(15)14(10)17-2)13-6-4-5-7-16-13/h8-9,13,16H,3-7H2,1-2H3. The van der Waals surface area contributed by atoms with E-state index < -0.39 is 0 Å². The maximum Gasteiger partial charge on any atom is 0.140 e. The Morgan fingerprint density at radius 3 is 2.82 bits per heavy atom. The number of piperidine rings is 1. The highest BCUT2D eigenvalue weighted by Crippen LogP contribution is 2.34. The molecule has 0 amide bonds. The van der Waals surface area contributed by atoms with Crippen LogP contribution in [0.15, 0.2) is 12.1 Å². The predicted molar refractivity (Wildman–Crippen MR) is 72.0 cm³/mol. The zero-order chi connectivity index (χ0) is 12.3. The van der Waals surface area contributed by atoms with Gasteiger partial charge in [-0.15, -0.1) is 0 Å². The van der Waals surface area contributed by atoms with Crippen LogP contribution in [-0.4, -0.2) is 13.7 Å². The van der Waals surface area contributed by atoms with E-state index in [4.69, 9.17) is 16.3 Å². The van der Waals surface area contributed by atoms with Crippen LogP contribution in [0.1, 0.15) is 43.4 Å². The van der Waals surface area contributed by atoms with Crippen molar-refractivity contribution < 1.29 is 4.74 Å². The average Bonchev–Trinajstić information content (AvgIpc) is 2.38. The van der Waals surface area contributed by atoms with E-state index in [9.17, 15) is 0 Å². The molecule has 0 saturated carbocycles. The Balaban J connectivity index is 2.31. The van der Waals surface area contributed by atoms with Gasteiger partial charge >= 0.3 is 0 Å². The van der Waals surface area contributed by atoms with Gasteiger partial charge in [-0.05, 0) is 43.0 Å². The minimum absolute atomic E-state index is 0.456. The van der Waals surface area contributed by atoms with E-state index in [1.54, 1.807) is 7.11 Å². The first-order valence-corrected chi connectivity index (χ1v) is 6.73. The summed E-state index contributed by atoms with van der Waals surface area (Å²) in [6.45, 7) is 3.24. The molecule has 0 spiro atoms. The van der Waals surface area contributed by atoms with E-state index in [1.807, 2.05) is 6.07 Å². The number of rotatable bonds is 3. The summed E-state index contributed by atoms with van der Waals surface area (Å²) in [7, 11) is 1.68. The second kappa shape index (κ2) is 5.74. The molecule has 0 radical (unpaired) electrons. The minimum Gasteiger partial charge on any atom is -0.495 e. The number of hydrogen-bond acceptors (Lipinski definition) is 2. The van der Waals surface area contributed by atoms with Crippen LogP contribution in [0.3, 0.4) is 0 Å². The van der Waals surface area contributed by atoms with Crippen molar-refractivity contribution >= 4 is 11.6 Å². The Morgan fingerprint density at radius 2 is 2.24 bits per heavy atom. The highest BCUT2D eigenvalue weighted by atomic mass is 35.5. The second-order valence-corrected chi connectivity index (χ2v) is 4.96. The van der Waals surface area contributed by atoms with Crippen LogP contribution in [0.4, 0.5) is 0 Å². The molecule has 2 rings (SSSR count). The number of aryl methyl sites for hydroxylation is 1. The molecule has 0 aliphatic carbocycles. The molecular formula is C14H20ClNO.